The number of hydrogen-bond acceptors (Lipinski definition) is 4. The molecule has 6 nitrogen and oxygen atoms in total. The van der Waals surface area contributed by atoms with Crippen LogP contribution in [0.25, 0.3) is 33.1 Å². The first-order valence-electron chi connectivity index (χ1n) is 10.3. The van der Waals surface area contributed by atoms with E-state index in [4.69, 9.17) is 11.6 Å². The van der Waals surface area contributed by atoms with Crippen LogP contribution >= 0.6 is 0 Å². The minimum Gasteiger partial charge on any atom is -0.396 e. The quantitative estimate of drug-likeness (QED) is 0.238. The molecule has 1 aromatic carbocycles. The Morgan fingerprint density at radius 3 is 2.51 bits per heavy atom. The molecule has 4 aromatic heterocycles. The van der Waals surface area contributed by atoms with Crippen LogP contribution in [0, 0.1) is 30.6 Å². The number of rotatable bonds is 4. The van der Waals surface area contributed by atoms with E-state index in [1.54, 1.807) is 22.9 Å². The molecule has 0 aliphatic heterocycles. The topological polar surface area (TPSA) is 60.9 Å². The van der Waals surface area contributed by atoms with Gasteiger partial charge in [0.25, 0.3) is 0 Å². The minimum absolute atomic E-state index is 0. The molecule has 0 radical (unpaired) electrons. The summed E-state index contributed by atoms with van der Waals surface area (Å²) in [6, 6.07) is 17.9. The zero-order valence-corrected chi connectivity index (χ0v) is 20.8. The van der Waals surface area contributed by atoms with Crippen molar-refractivity contribution >= 4 is 16.9 Å². The van der Waals surface area contributed by atoms with Crippen LogP contribution in [0.4, 0.5) is 14.5 Å². The summed E-state index contributed by atoms with van der Waals surface area (Å²) >= 11 is 0. The number of hydrogen-bond donors (Lipinski definition) is 0. The second kappa shape index (κ2) is 9.44. The van der Waals surface area contributed by atoms with Gasteiger partial charge in [-0.2, -0.15) is 0 Å². The monoisotopic (exact) mass is 645 g/mol. The Labute approximate surface area is 214 Å². The third-order valence-electron chi connectivity index (χ3n) is 5.61. The van der Waals surface area contributed by atoms with Gasteiger partial charge in [-0.15, -0.1) is 17.7 Å². The SMILES string of the molecule is [C-]#[N+]c1c(F)c[c-]c(-c2cccc(C(C)(C)c3cccc(-n4[c-]nc5cccnc54)n3)n2)c1F.[Pt+2]. The van der Waals surface area contributed by atoms with Crippen molar-refractivity contribution in [2.45, 2.75) is 19.3 Å². The van der Waals surface area contributed by atoms with E-state index in [0.29, 0.717) is 28.4 Å². The first-order valence-corrected chi connectivity index (χ1v) is 10.3. The molecule has 0 amide bonds. The van der Waals surface area contributed by atoms with Gasteiger partial charge in [-0.25, -0.2) is 0 Å². The van der Waals surface area contributed by atoms with E-state index < -0.39 is 22.7 Å². The Morgan fingerprint density at radius 2 is 1.74 bits per heavy atom. The van der Waals surface area contributed by atoms with Gasteiger partial charge in [0, 0.05) is 46.6 Å². The van der Waals surface area contributed by atoms with Crippen LogP contribution in [0.3, 0.4) is 0 Å². The third kappa shape index (κ3) is 4.24. The molecule has 0 bridgehead atoms. The van der Waals surface area contributed by atoms with Crippen molar-refractivity contribution in [3.63, 3.8) is 0 Å². The van der Waals surface area contributed by atoms with Gasteiger partial charge in [0.15, 0.2) is 5.69 Å². The Kier molecular flexibility index (Phi) is 6.55. The molecule has 5 aromatic rings. The van der Waals surface area contributed by atoms with E-state index in [1.165, 1.54) is 0 Å². The van der Waals surface area contributed by atoms with Crippen molar-refractivity contribution in [3.05, 3.63) is 108 Å². The summed E-state index contributed by atoms with van der Waals surface area (Å²) in [6.07, 6.45) is 4.61. The van der Waals surface area contributed by atoms with Crippen molar-refractivity contribution in [2.24, 2.45) is 0 Å². The molecule has 0 fully saturated rings. The molecule has 0 aliphatic rings. The Bertz CT molecular complexity index is 1590. The molecule has 174 valence electrons. The average Bonchev–Trinajstić information content (AvgIpc) is 3.29. The van der Waals surface area contributed by atoms with E-state index in [0.717, 1.165) is 6.07 Å². The van der Waals surface area contributed by atoms with E-state index in [-0.39, 0.29) is 32.3 Å². The first kappa shape index (κ1) is 24.3. The fourth-order valence-electron chi connectivity index (χ4n) is 3.69. The van der Waals surface area contributed by atoms with Crippen LogP contribution in [0.2, 0.25) is 0 Å². The molecule has 4 heterocycles. The van der Waals surface area contributed by atoms with Gasteiger partial charge in [-0.1, -0.05) is 36.4 Å². The summed E-state index contributed by atoms with van der Waals surface area (Å²) in [4.78, 5) is 21.0. The van der Waals surface area contributed by atoms with Crippen molar-refractivity contribution in [1.29, 1.82) is 0 Å². The van der Waals surface area contributed by atoms with Gasteiger partial charge in [-0.05, 0) is 37.2 Å². The number of pyridine rings is 3. The van der Waals surface area contributed by atoms with Crippen LogP contribution in [0.15, 0.2) is 60.8 Å². The van der Waals surface area contributed by atoms with Crippen LogP contribution in [-0.4, -0.2) is 24.5 Å². The van der Waals surface area contributed by atoms with Crippen LogP contribution < -0.4 is 0 Å². The molecular formula is C26H16F2N6Pt. The van der Waals surface area contributed by atoms with Crippen molar-refractivity contribution < 1.29 is 29.8 Å². The van der Waals surface area contributed by atoms with E-state index in [1.807, 2.05) is 50.2 Å². The summed E-state index contributed by atoms with van der Waals surface area (Å²) in [7, 11) is 0. The summed E-state index contributed by atoms with van der Waals surface area (Å²) in [5.41, 5.74) is 1.53. The number of nitrogens with zero attached hydrogens (tertiary/aromatic N) is 6. The number of fused-ring (bicyclic) bond motifs is 1. The van der Waals surface area contributed by atoms with Gasteiger partial charge >= 0.3 is 21.1 Å². The molecule has 0 atom stereocenters. The van der Waals surface area contributed by atoms with Gasteiger partial charge in [0.1, 0.15) is 0 Å². The summed E-state index contributed by atoms with van der Waals surface area (Å²) in [5.74, 6) is -1.33. The first-order chi connectivity index (χ1) is 16.4. The molecule has 9 heteroatoms. The normalized spacial score (nSPS) is 11.2. The summed E-state index contributed by atoms with van der Waals surface area (Å²) < 4.78 is 30.2. The fraction of sp³-hybridized carbons (Fsp3) is 0.115. The second-order valence-corrected chi connectivity index (χ2v) is 8.09. The number of aromatic nitrogens is 5. The van der Waals surface area contributed by atoms with Gasteiger partial charge in [-0.3, -0.25) is 23.6 Å². The number of halogens is 2. The zero-order valence-electron chi connectivity index (χ0n) is 18.5. The molecule has 0 unspecified atom stereocenters. The predicted octanol–water partition coefficient (Wildman–Crippen LogP) is 5.63. The largest absolute Gasteiger partial charge is 2.00 e. The maximum absolute atomic E-state index is 14.8. The third-order valence-corrected chi connectivity index (χ3v) is 5.61. The number of benzene rings is 1. The predicted molar refractivity (Wildman–Crippen MR) is 122 cm³/mol. The molecule has 0 spiro atoms. The molecule has 35 heavy (non-hydrogen) atoms. The Balaban J connectivity index is 0.00000289. The van der Waals surface area contributed by atoms with Crippen molar-refractivity contribution in [2.75, 3.05) is 0 Å². The molecule has 0 N–H and O–H groups in total. The molecule has 5 rings (SSSR count). The molecule has 0 saturated heterocycles. The smallest absolute Gasteiger partial charge is 0.396 e. The minimum atomic E-state index is -0.979. The Hall–Kier alpha value is -3.82. The van der Waals surface area contributed by atoms with Gasteiger partial charge in [0.05, 0.1) is 12.4 Å². The number of imidazole rings is 1. The summed E-state index contributed by atoms with van der Waals surface area (Å²) in [5, 5.41) is 0. The van der Waals surface area contributed by atoms with Crippen LogP contribution in [-0.2, 0) is 26.5 Å². The fourth-order valence-corrected chi connectivity index (χ4v) is 3.69. The Morgan fingerprint density at radius 1 is 1.00 bits per heavy atom. The average molecular weight is 646 g/mol. The second-order valence-electron chi connectivity index (χ2n) is 8.09. The summed E-state index contributed by atoms with van der Waals surface area (Å²) in [6.45, 7) is 11.0. The maximum Gasteiger partial charge on any atom is 2.00 e. The zero-order chi connectivity index (χ0) is 23.9. The van der Waals surface area contributed by atoms with Crippen LogP contribution in [0.1, 0.15) is 25.2 Å². The molecule has 0 saturated carbocycles. The standard InChI is InChI=1S/C26H16F2N6.Pt/c1-26(2,20-9-4-7-18(32-20)16-12-13-17(27)24(29-3)23(16)28)21-10-5-11-22(33-21)34-15-31-19-8-6-14-30-25(19)34;/h4-11,13-14H,1-2H3;/q-2;+2. The van der Waals surface area contributed by atoms with Gasteiger partial charge < -0.3 is 14.5 Å². The van der Waals surface area contributed by atoms with Crippen molar-refractivity contribution in [3.8, 4) is 17.1 Å². The van der Waals surface area contributed by atoms with E-state index in [2.05, 4.69) is 32.2 Å². The van der Waals surface area contributed by atoms with E-state index >= 15 is 0 Å². The van der Waals surface area contributed by atoms with Gasteiger partial charge in [0.2, 0.25) is 0 Å². The maximum atomic E-state index is 14.8. The van der Waals surface area contributed by atoms with Crippen LogP contribution in [0.5, 0.6) is 0 Å². The molecular weight excluding hydrogens is 629 g/mol. The van der Waals surface area contributed by atoms with E-state index in [9.17, 15) is 8.78 Å². The van der Waals surface area contributed by atoms with Crippen molar-refractivity contribution in [1.82, 2.24) is 24.5 Å². The molecule has 0 aliphatic carbocycles.